The maximum atomic E-state index is 13.5. The van der Waals surface area contributed by atoms with Crippen molar-refractivity contribution in [1.82, 2.24) is 4.90 Å². The highest BCUT2D eigenvalue weighted by Crippen LogP contribution is 2.35. The zero-order chi connectivity index (χ0) is 22.8. The Bertz CT molecular complexity index is 1010. The molecule has 8 heteroatoms. The first kappa shape index (κ1) is 22.7. The first-order valence-corrected chi connectivity index (χ1v) is 11.3. The lowest BCUT2D eigenvalue weighted by Gasteiger charge is -2.39. The van der Waals surface area contributed by atoms with Gasteiger partial charge in [-0.25, -0.2) is 8.78 Å². The van der Waals surface area contributed by atoms with E-state index in [1.54, 1.807) is 18.2 Å². The molecule has 0 spiro atoms. The molecule has 170 valence electrons. The van der Waals surface area contributed by atoms with Crippen LogP contribution in [0.15, 0.2) is 36.4 Å². The number of carbonyl (C=O) groups is 2. The van der Waals surface area contributed by atoms with E-state index in [9.17, 15) is 18.4 Å². The highest BCUT2D eigenvalue weighted by Gasteiger charge is 2.39. The van der Waals surface area contributed by atoms with E-state index in [2.05, 4.69) is 5.32 Å². The van der Waals surface area contributed by atoms with Crippen LogP contribution in [0.3, 0.4) is 0 Å². The molecule has 32 heavy (non-hydrogen) atoms. The molecule has 0 radical (unpaired) electrons. The lowest BCUT2D eigenvalue weighted by atomic mass is 9.89. The van der Waals surface area contributed by atoms with Gasteiger partial charge in [0.15, 0.2) is 0 Å². The normalized spacial score (nSPS) is 20.6. The zero-order valence-electron chi connectivity index (χ0n) is 17.6. The van der Waals surface area contributed by atoms with Crippen LogP contribution in [-0.2, 0) is 11.3 Å². The first-order chi connectivity index (χ1) is 15.3. The minimum absolute atomic E-state index is 0.0403. The van der Waals surface area contributed by atoms with Crippen molar-refractivity contribution in [3.8, 4) is 0 Å². The van der Waals surface area contributed by atoms with Gasteiger partial charge in [-0.05, 0) is 61.6 Å². The summed E-state index contributed by atoms with van der Waals surface area (Å²) in [5.41, 5.74) is 7.35. The van der Waals surface area contributed by atoms with Crippen molar-refractivity contribution in [2.75, 3.05) is 5.32 Å². The van der Waals surface area contributed by atoms with E-state index in [0.29, 0.717) is 28.9 Å². The summed E-state index contributed by atoms with van der Waals surface area (Å²) in [6.07, 6.45) is 5.62. The molecular weight excluding hydrogens is 436 g/mol. The van der Waals surface area contributed by atoms with Gasteiger partial charge in [-0.15, -0.1) is 0 Å². The summed E-state index contributed by atoms with van der Waals surface area (Å²) in [6.45, 7) is 0.296. The number of nitrogens with two attached hydrogens (primary N) is 1. The van der Waals surface area contributed by atoms with Crippen LogP contribution in [0.2, 0.25) is 5.02 Å². The summed E-state index contributed by atoms with van der Waals surface area (Å²) in [5.74, 6) is -2.14. The van der Waals surface area contributed by atoms with Crippen LogP contribution < -0.4 is 11.1 Å². The second-order valence-electron chi connectivity index (χ2n) is 8.67. The number of nitrogens with zero attached hydrogens (tertiary/aromatic N) is 1. The Balaban J connectivity index is 1.55. The molecule has 4 rings (SSSR count). The number of amides is 2. The third-order valence-corrected chi connectivity index (χ3v) is 6.53. The van der Waals surface area contributed by atoms with Gasteiger partial charge in [0.25, 0.3) is 5.91 Å². The van der Waals surface area contributed by atoms with E-state index in [0.717, 1.165) is 50.7 Å². The van der Waals surface area contributed by atoms with Crippen LogP contribution >= 0.6 is 11.6 Å². The zero-order valence-corrected chi connectivity index (χ0v) is 18.4. The van der Waals surface area contributed by atoms with Gasteiger partial charge < -0.3 is 16.0 Å². The number of carbonyl (C=O) groups excluding carboxylic acids is 2. The second-order valence-corrected chi connectivity index (χ2v) is 9.08. The third kappa shape index (κ3) is 5.27. The monoisotopic (exact) mass is 461 g/mol. The predicted octanol–water partition coefficient (Wildman–Crippen LogP) is 4.88. The Labute approximate surface area is 190 Å². The molecule has 2 unspecified atom stereocenters. The molecule has 2 saturated carbocycles. The molecule has 0 aliphatic heterocycles. The standard InChI is InChI=1S/C24H26ClF2N3O2/c25-20-8-7-19(29-23(31)15-9-17(26)12-18(27)10-15)11-16(20)13-30(24(32)14-5-6-14)22-4-2-1-3-21(22)28/h7-12,14,21-22H,1-6,13,28H2,(H,29,31). The van der Waals surface area contributed by atoms with Crippen molar-refractivity contribution in [3.05, 3.63) is 64.2 Å². The number of hydrogen-bond donors (Lipinski definition) is 2. The number of nitrogens with one attached hydrogen (secondary N) is 1. The molecule has 0 heterocycles. The van der Waals surface area contributed by atoms with Crippen LogP contribution in [0, 0.1) is 17.6 Å². The molecule has 0 bridgehead atoms. The van der Waals surface area contributed by atoms with Gasteiger partial charge in [-0.2, -0.15) is 0 Å². The fourth-order valence-corrected chi connectivity index (χ4v) is 4.47. The molecule has 3 N–H and O–H groups in total. The van der Waals surface area contributed by atoms with Gasteiger partial charge in [-0.1, -0.05) is 24.4 Å². The Morgan fingerprint density at radius 3 is 2.38 bits per heavy atom. The second kappa shape index (κ2) is 9.55. The van der Waals surface area contributed by atoms with Crippen LogP contribution in [0.1, 0.15) is 54.4 Å². The summed E-state index contributed by atoms with van der Waals surface area (Å²) in [6, 6.07) is 7.47. The van der Waals surface area contributed by atoms with Crippen molar-refractivity contribution in [2.45, 2.75) is 57.2 Å². The maximum Gasteiger partial charge on any atom is 0.255 e. The van der Waals surface area contributed by atoms with Crippen molar-refractivity contribution in [1.29, 1.82) is 0 Å². The summed E-state index contributed by atoms with van der Waals surface area (Å²) in [4.78, 5) is 27.4. The molecule has 2 atom stereocenters. The molecule has 0 saturated heterocycles. The van der Waals surface area contributed by atoms with E-state index in [1.807, 2.05) is 4.90 Å². The van der Waals surface area contributed by atoms with Crippen molar-refractivity contribution < 1.29 is 18.4 Å². The van der Waals surface area contributed by atoms with Gasteiger partial charge >= 0.3 is 0 Å². The fourth-order valence-electron chi connectivity index (χ4n) is 4.30. The molecule has 5 nitrogen and oxygen atoms in total. The topological polar surface area (TPSA) is 75.4 Å². The minimum Gasteiger partial charge on any atom is -0.334 e. The fraction of sp³-hybridized carbons (Fsp3) is 0.417. The van der Waals surface area contributed by atoms with E-state index < -0.39 is 17.5 Å². The largest absolute Gasteiger partial charge is 0.334 e. The van der Waals surface area contributed by atoms with Crippen LogP contribution in [0.25, 0.3) is 0 Å². The number of benzene rings is 2. The third-order valence-electron chi connectivity index (χ3n) is 6.16. The maximum absolute atomic E-state index is 13.5. The van der Waals surface area contributed by atoms with E-state index in [1.165, 1.54) is 0 Å². The summed E-state index contributed by atoms with van der Waals surface area (Å²) in [5, 5.41) is 3.12. The minimum atomic E-state index is -0.829. The van der Waals surface area contributed by atoms with Crippen molar-refractivity contribution in [3.63, 3.8) is 0 Å². The average molecular weight is 462 g/mol. The van der Waals surface area contributed by atoms with Gasteiger partial charge in [0, 0.05) is 46.9 Å². The Hall–Kier alpha value is -2.51. The molecule has 2 aromatic carbocycles. The Kier molecular flexibility index (Phi) is 6.76. The van der Waals surface area contributed by atoms with Gasteiger partial charge in [-0.3, -0.25) is 9.59 Å². The number of anilines is 1. The Morgan fingerprint density at radius 2 is 1.72 bits per heavy atom. The number of hydrogen-bond acceptors (Lipinski definition) is 3. The summed E-state index contributed by atoms with van der Waals surface area (Å²) < 4.78 is 26.9. The predicted molar refractivity (Wildman–Crippen MR) is 119 cm³/mol. The molecule has 0 aromatic heterocycles. The van der Waals surface area contributed by atoms with E-state index in [4.69, 9.17) is 17.3 Å². The first-order valence-electron chi connectivity index (χ1n) is 10.9. The quantitative estimate of drug-likeness (QED) is 0.643. The number of rotatable bonds is 6. The molecule has 2 aliphatic rings. The Morgan fingerprint density at radius 1 is 1.03 bits per heavy atom. The van der Waals surface area contributed by atoms with Crippen LogP contribution in [0.5, 0.6) is 0 Å². The molecule has 2 amide bonds. The lowest BCUT2D eigenvalue weighted by Crippen LogP contribution is -2.52. The lowest BCUT2D eigenvalue weighted by molar-refractivity contribution is -0.136. The highest BCUT2D eigenvalue weighted by atomic mass is 35.5. The van der Waals surface area contributed by atoms with Crippen molar-refractivity contribution >= 4 is 29.1 Å². The smallest absolute Gasteiger partial charge is 0.255 e. The molecule has 2 aromatic rings. The van der Waals surface area contributed by atoms with Gasteiger partial charge in [0.2, 0.25) is 5.91 Å². The molecular formula is C24H26ClF2N3O2. The summed E-state index contributed by atoms with van der Waals surface area (Å²) >= 11 is 6.43. The van der Waals surface area contributed by atoms with Crippen LogP contribution in [0.4, 0.5) is 14.5 Å². The van der Waals surface area contributed by atoms with Crippen LogP contribution in [-0.4, -0.2) is 28.8 Å². The van der Waals surface area contributed by atoms with Crippen molar-refractivity contribution in [2.24, 2.45) is 11.7 Å². The van der Waals surface area contributed by atoms with E-state index in [-0.39, 0.29) is 29.5 Å². The SMILES string of the molecule is NC1CCCCC1N(Cc1cc(NC(=O)c2cc(F)cc(F)c2)ccc1Cl)C(=O)C1CC1. The van der Waals surface area contributed by atoms with Gasteiger partial charge in [0.1, 0.15) is 11.6 Å². The number of halogens is 3. The van der Waals surface area contributed by atoms with E-state index >= 15 is 0 Å². The molecule has 2 fully saturated rings. The molecule has 2 aliphatic carbocycles. The highest BCUT2D eigenvalue weighted by molar-refractivity contribution is 6.31. The van der Waals surface area contributed by atoms with Gasteiger partial charge in [0.05, 0.1) is 0 Å². The average Bonchev–Trinajstić information content (AvgIpc) is 3.59. The summed E-state index contributed by atoms with van der Waals surface area (Å²) in [7, 11) is 0.